The number of fused-ring (bicyclic) bond motifs is 1. The molecule has 2 aromatic heterocycles. The average molecular weight is 312 g/mol. The van der Waals surface area contributed by atoms with Gasteiger partial charge < -0.3 is 14.4 Å². The topological polar surface area (TPSA) is 92.1 Å². The molecule has 118 valence electrons. The lowest BCUT2D eigenvalue weighted by Gasteiger charge is -2.15. The first-order valence-electron chi connectivity index (χ1n) is 7.27. The summed E-state index contributed by atoms with van der Waals surface area (Å²) < 4.78 is 5.11. The molecule has 23 heavy (non-hydrogen) atoms. The summed E-state index contributed by atoms with van der Waals surface area (Å²) in [5.74, 6) is 0.760. The molecule has 1 amide bonds. The van der Waals surface area contributed by atoms with Crippen LogP contribution < -0.4 is 5.56 Å². The number of H-pyrrole nitrogens is 1. The van der Waals surface area contributed by atoms with Gasteiger partial charge in [0.25, 0.3) is 11.5 Å². The number of rotatable bonds is 4. The molecular formula is C16H16N4O3. The number of benzene rings is 1. The molecule has 1 N–H and O–H groups in total. The summed E-state index contributed by atoms with van der Waals surface area (Å²) in [6, 6.07) is 7.01. The number of hydrogen-bond acceptors (Lipinski definition) is 5. The van der Waals surface area contributed by atoms with Gasteiger partial charge in [0, 0.05) is 30.4 Å². The van der Waals surface area contributed by atoms with E-state index in [4.69, 9.17) is 4.52 Å². The van der Waals surface area contributed by atoms with Crippen LogP contribution in [-0.2, 0) is 13.0 Å². The largest absolute Gasteiger partial charge is 0.337 e. The number of pyridine rings is 1. The molecule has 0 saturated heterocycles. The highest BCUT2D eigenvalue weighted by Gasteiger charge is 2.18. The Morgan fingerprint density at radius 1 is 1.30 bits per heavy atom. The number of carbonyl (C=O) groups excluding carboxylic acids is 1. The highest BCUT2D eigenvalue weighted by atomic mass is 16.5. The van der Waals surface area contributed by atoms with Gasteiger partial charge in [0.05, 0.1) is 12.1 Å². The van der Waals surface area contributed by atoms with E-state index in [1.807, 2.05) is 6.92 Å². The molecule has 0 unspecified atom stereocenters. The number of hydrogen-bond donors (Lipinski definition) is 1. The van der Waals surface area contributed by atoms with E-state index in [1.54, 1.807) is 31.3 Å². The van der Waals surface area contributed by atoms with E-state index >= 15 is 0 Å². The fourth-order valence-electron chi connectivity index (χ4n) is 2.36. The predicted octanol–water partition coefficient (Wildman–Crippen LogP) is 1.75. The van der Waals surface area contributed by atoms with Crippen LogP contribution in [0.4, 0.5) is 0 Å². The van der Waals surface area contributed by atoms with Crippen molar-refractivity contribution in [3.05, 3.63) is 58.1 Å². The third-order valence-electron chi connectivity index (χ3n) is 3.59. The van der Waals surface area contributed by atoms with Crippen molar-refractivity contribution < 1.29 is 9.32 Å². The number of aryl methyl sites for hydroxylation is 1. The molecule has 2 heterocycles. The summed E-state index contributed by atoms with van der Waals surface area (Å²) in [6.45, 7) is 2.13. The zero-order valence-electron chi connectivity index (χ0n) is 12.9. The van der Waals surface area contributed by atoms with Crippen molar-refractivity contribution in [2.45, 2.75) is 19.9 Å². The molecule has 0 spiro atoms. The summed E-state index contributed by atoms with van der Waals surface area (Å²) in [5.41, 5.74) is 0.210. The third-order valence-corrected chi connectivity index (χ3v) is 3.59. The predicted molar refractivity (Wildman–Crippen MR) is 84.0 cm³/mol. The minimum Gasteiger partial charge on any atom is -0.337 e. The maximum absolute atomic E-state index is 12.7. The van der Waals surface area contributed by atoms with Crippen molar-refractivity contribution in [3.8, 4) is 0 Å². The quantitative estimate of drug-likeness (QED) is 0.792. The second-order valence-corrected chi connectivity index (χ2v) is 5.20. The van der Waals surface area contributed by atoms with Gasteiger partial charge in [0.1, 0.15) is 0 Å². The van der Waals surface area contributed by atoms with Crippen molar-refractivity contribution in [1.82, 2.24) is 20.0 Å². The molecule has 0 radical (unpaired) electrons. The van der Waals surface area contributed by atoms with Crippen LogP contribution in [0.15, 0.2) is 39.8 Å². The van der Waals surface area contributed by atoms with Crippen LogP contribution in [-0.4, -0.2) is 33.0 Å². The zero-order chi connectivity index (χ0) is 16.4. The van der Waals surface area contributed by atoms with E-state index in [2.05, 4.69) is 15.1 Å². The summed E-state index contributed by atoms with van der Waals surface area (Å²) in [6.07, 6.45) is 2.11. The minimum absolute atomic E-state index is 0.208. The van der Waals surface area contributed by atoms with Crippen LogP contribution in [0.25, 0.3) is 10.8 Å². The highest BCUT2D eigenvalue weighted by Crippen LogP contribution is 2.16. The summed E-state index contributed by atoms with van der Waals surface area (Å²) >= 11 is 0. The average Bonchev–Trinajstić information content (AvgIpc) is 3.02. The molecule has 7 heteroatoms. The van der Waals surface area contributed by atoms with Crippen LogP contribution >= 0.6 is 0 Å². The number of aromatic nitrogens is 3. The number of carbonyl (C=O) groups is 1. The summed E-state index contributed by atoms with van der Waals surface area (Å²) in [5, 5.41) is 4.91. The molecule has 3 rings (SSSR count). The second-order valence-electron chi connectivity index (χ2n) is 5.20. The first-order chi connectivity index (χ1) is 11.1. The van der Waals surface area contributed by atoms with Crippen LogP contribution in [0.5, 0.6) is 0 Å². The van der Waals surface area contributed by atoms with Gasteiger partial charge in [0.15, 0.2) is 5.82 Å². The monoisotopic (exact) mass is 312 g/mol. The normalized spacial score (nSPS) is 10.9. The molecule has 1 aromatic carbocycles. The number of nitrogens with zero attached hydrogens (tertiary/aromatic N) is 3. The van der Waals surface area contributed by atoms with E-state index in [1.165, 1.54) is 11.1 Å². The van der Waals surface area contributed by atoms with Gasteiger partial charge in [-0.05, 0) is 6.07 Å². The molecule has 0 aliphatic rings. The van der Waals surface area contributed by atoms with Gasteiger partial charge in [-0.25, -0.2) is 0 Å². The summed E-state index contributed by atoms with van der Waals surface area (Å²) in [4.78, 5) is 32.8. The Balaban J connectivity index is 1.90. The van der Waals surface area contributed by atoms with Gasteiger partial charge in [0.2, 0.25) is 5.89 Å². The van der Waals surface area contributed by atoms with Crippen LogP contribution in [0.2, 0.25) is 0 Å². The maximum Gasteiger partial charge on any atom is 0.256 e. The van der Waals surface area contributed by atoms with E-state index in [0.717, 1.165) is 0 Å². The first kappa shape index (κ1) is 15.0. The number of nitrogens with one attached hydrogen (secondary N) is 1. The molecule has 0 saturated carbocycles. The van der Waals surface area contributed by atoms with Gasteiger partial charge in [-0.15, -0.1) is 0 Å². The van der Waals surface area contributed by atoms with Gasteiger partial charge in [-0.2, -0.15) is 4.98 Å². The fourth-order valence-corrected chi connectivity index (χ4v) is 2.36. The SMILES string of the molecule is CCc1noc(CN(C)C(=O)c2c[nH]c(=O)c3ccccc23)n1. The standard InChI is InChI=1S/C16H16N4O3/c1-3-13-18-14(23-19-13)9-20(2)16(22)12-8-17-15(21)11-7-5-4-6-10(11)12/h4-8H,3,9H2,1-2H3,(H,17,21). The molecule has 3 aromatic rings. The smallest absolute Gasteiger partial charge is 0.256 e. The Bertz CT molecular complexity index is 913. The van der Waals surface area contributed by atoms with Gasteiger partial charge in [-0.3, -0.25) is 9.59 Å². The fraction of sp³-hybridized carbons (Fsp3) is 0.250. The maximum atomic E-state index is 12.7. The van der Waals surface area contributed by atoms with E-state index < -0.39 is 0 Å². The van der Waals surface area contributed by atoms with E-state index in [-0.39, 0.29) is 18.0 Å². The molecule has 0 fully saturated rings. The van der Waals surface area contributed by atoms with Crippen molar-refractivity contribution in [3.63, 3.8) is 0 Å². The second kappa shape index (κ2) is 6.04. The van der Waals surface area contributed by atoms with Gasteiger partial charge >= 0.3 is 0 Å². The first-order valence-corrected chi connectivity index (χ1v) is 7.27. The Hall–Kier alpha value is -2.96. The lowest BCUT2D eigenvalue weighted by Crippen LogP contribution is -2.27. The highest BCUT2D eigenvalue weighted by molar-refractivity contribution is 6.06. The van der Waals surface area contributed by atoms with Crippen LogP contribution in [0.1, 0.15) is 29.0 Å². The molecule has 0 aliphatic heterocycles. The minimum atomic E-state index is -0.228. The van der Waals surface area contributed by atoms with Crippen molar-refractivity contribution in [2.24, 2.45) is 0 Å². The lowest BCUT2D eigenvalue weighted by molar-refractivity contribution is 0.0771. The van der Waals surface area contributed by atoms with E-state index in [0.29, 0.717) is 34.5 Å². The van der Waals surface area contributed by atoms with Crippen molar-refractivity contribution in [1.29, 1.82) is 0 Å². The zero-order valence-corrected chi connectivity index (χ0v) is 12.9. The summed E-state index contributed by atoms with van der Waals surface area (Å²) in [7, 11) is 1.65. The number of aromatic amines is 1. The van der Waals surface area contributed by atoms with Crippen LogP contribution in [0.3, 0.4) is 0 Å². The Morgan fingerprint density at radius 3 is 2.74 bits per heavy atom. The molecule has 0 aliphatic carbocycles. The van der Waals surface area contributed by atoms with Crippen LogP contribution in [0, 0.1) is 0 Å². The van der Waals surface area contributed by atoms with Crippen molar-refractivity contribution >= 4 is 16.7 Å². The Morgan fingerprint density at radius 2 is 2.04 bits per heavy atom. The van der Waals surface area contributed by atoms with Gasteiger partial charge in [-0.1, -0.05) is 30.3 Å². The number of amides is 1. The molecular weight excluding hydrogens is 296 g/mol. The molecule has 0 bridgehead atoms. The Labute approximate surface area is 131 Å². The van der Waals surface area contributed by atoms with Crippen molar-refractivity contribution in [2.75, 3.05) is 7.05 Å². The lowest BCUT2D eigenvalue weighted by atomic mass is 10.1. The molecule has 0 atom stereocenters. The van der Waals surface area contributed by atoms with E-state index in [9.17, 15) is 9.59 Å². The third kappa shape index (κ3) is 2.85. The Kier molecular flexibility index (Phi) is 3.92. The molecule has 7 nitrogen and oxygen atoms in total.